The summed E-state index contributed by atoms with van der Waals surface area (Å²) in [5.74, 6) is 0.148. The van der Waals surface area contributed by atoms with Crippen molar-refractivity contribution in [1.82, 2.24) is 14.9 Å². The van der Waals surface area contributed by atoms with Crippen LogP contribution in [0.2, 0.25) is 0 Å². The van der Waals surface area contributed by atoms with E-state index in [-0.39, 0.29) is 11.7 Å². The third-order valence-corrected chi connectivity index (χ3v) is 5.27. The van der Waals surface area contributed by atoms with E-state index >= 15 is 0 Å². The molecule has 0 fully saturated rings. The van der Waals surface area contributed by atoms with Crippen molar-refractivity contribution in [2.75, 3.05) is 13.7 Å². The van der Waals surface area contributed by atoms with Crippen LogP contribution < -0.4 is 14.8 Å². The lowest BCUT2D eigenvalue weighted by Crippen LogP contribution is -2.27. The molecule has 0 unspecified atom stereocenters. The summed E-state index contributed by atoms with van der Waals surface area (Å²) >= 11 is 0. The van der Waals surface area contributed by atoms with Gasteiger partial charge in [-0.15, -0.1) is 13.2 Å². The van der Waals surface area contributed by atoms with Gasteiger partial charge in [0.1, 0.15) is 17.2 Å². The predicted octanol–water partition coefficient (Wildman–Crippen LogP) is 5.42. The Hall–Kier alpha value is -4.27. The monoisotopic (exact) mass is 481 g/mol. The molecule has 9 heteroatoms. The minimum atomic E-state index is -4.77. The van der Waals surface area contributed by atoms with Crippen LogP contribution >= 0.6 is 0 Å². The van der Waals surface area contributed by atoms with Crippen molar-refractivity contribution in [3.8, 4) is 28.3 Å². The molecule has 0 aliphatic carbocycles. The second kappa shape index (κ2) is 10.3. The van der Waals surface area contributed by atoms with Crippen molar-refractivity contribution in [2.45, 2.75) is 12.8 Å². The molecule has 1 heterocycles. The maximum atomic E-state index is 12.9. The second-order valence-electron chi connectivity index (χ2n) is 7.59. The highest BCUT2D eigenvalue weighted by molar-refractivity contribution is 5.93. The number of carbonyl (C=O) groups excluding carboxylic acids is 1. The van der Waals surface area contributed by atoms with Gasteiger partial charge in [0, 0.05) is 12.2 Å². The number of ether oxygens (including phenoxy) is 2. The number of para-hydroxylation sites is 1. The van der Waals surface area contributed by atoms with Crippen molar-refractivity contribution in [3.05, 3.63) is 96.6 Å². The molecule has 0 radical (unpaired) electrons. The van der Waals surface area contributed by atoms with Gasteiger partial charge in [-0.3, -0.25) is 9.36 Å². The highest BCUT2D eigenvalue weighted by Gasteiger charge is 2.31. The fourth-order valence-corrected chi connectivity index (χ4v) is 3.69. The Morgan fingerprint density at radius 2 is 1.74 bits per heavy atom. The van der Waals surface area contributed by atoms with Crippen molar-refractivity contribution in [1.29, 1.82) is 0 Å². The molecule has 1 N–H and O–H groups in total. The maximum absolute atomic E-state index is 12.9. The SMILES string of the molecule is COc1ccccc1CCNC(=O)c1cncn1-c1cccc(-c2cccc(OC(F)(F)F)c2)c1. The Kier molecular flexibility index (Phi) is 7.05. The van der Waals surface area contributed by atoms with E-state index in [1.807, 2.05) is 24.3 Å². The third kappa shape index (κ3) is 6.00. The van der Waals surface area contributed by atoms with E-state index in [0.717, 1.165) is 11.3 Å². The van der Waals surface area contributed by atoms with Crippen molar-refractivity contribution in [3.63, 3.8) is 0 Å². The average Bonchev–Trinajstić information content (AvgIpc) is 3.34. The van der Waals surface area contributed by atoms with Crippen LogP contribution in [0.3, 0.4) is 0 Å². The number of halogens is 3. The summed E-state index contributed by atoms with van der Waals surface area (Å²) < 4.78 is 48.8. The van der Waals surface area contributed by atoms with Crippen molar-refractivity contribution < 1.29 is 27.4 Å². The highest BCUT2D eigenvalue weighted by atomic mass is 19.4. The minimum absolute atomic E-state index is 0.302. The summed E-state index contributed by atoms with van der Waals surface area (Å²) in [4.78, 5) is 17.0. The molecule has 0 saturated heterocycles. The molecule has 4 rings (SSSR count). The highest BCUT2D eigenvalue weighted by Crippen LogP contribution is 2.29. The zero-order valence-electron chi connectivity index (χ0n) is 18.8. The Balaban J connectivity index is 1.50. The number of benzene rings is 3. The smallest absolute Gasteiger partial charge is 0.496 e. The molecule has 4 aromatic rings. The van der Waals surface area contributed by atoms with Gasteiger partial charge in [0.2, 0.25) is 0 Å². The standard InChI is InChI=1S/C26H22F3N3O3/c1-34-24-11-3-2-6-18(24)12-13-31-25(33)23-16-30-17-32(23)21-9-4-7-19(14-21)20-8-5-10-22(15-20)35-26(27,28)29/h2-11,14-17H,12-13H2,1H3,(H,31,33). The molecular weight excluding hydrogens is 459 g/mol. The van der Waals surface area contributed by atoms with Crippen LogP contribution in [0, 0.1) is 0 Å². The molecule has 180 valence electrons. The van der Waals surface area contributed by atoms with Crippen molar-refractivity contribution >= 4 is 5.91 Å². The summed E-state index contributed by atoms with van der Waals surface area (Å²) in [5, 5.41) is 2.89. The molecule has 35 heavy (non-hydrogen) atoms. The molecule has 0 spiro atoms. The average molecular weight is 481 g/mol. The predicted molar refractivity (Wildman–Crippen MR) is 125 cm³/mol. The fraction of sp³-hybridized carbons (Fsp3) is 0.154. The van der Waals surface area contributed by atoms with Gasteiger partial charge in [-0.2, -0.15) is 0 Å². The Labute approximate surface area is 200 Å². The topological polar surface area (TPSA) is 65.4 Å². The van der Waals surface area contributed by atoms with Gasteiger partial charge >= 0.3 is 6.36 Å². The zero-order valence-corrected chi connectivity index (χ0v) is 18.8. The first-order valence-electron chi connectivity index (χ1n) is 10.7. The van der Waals surface area contributed by atoms with E-state index < -0.39 is 6.36 Å². The molecule has 0 saturated carbocycles. The molecule has 1 amide bonds. The maximum Gasteiger partial charge on any atom is 0.573 e. The summed E-state index contributed by atoms with van der Waals surface area (Å²) in [7, 11) is 1.60. The van der Waals surface area contributed by atoms with E-state index in [4.69, 9.17) is 4.74 Å². The Morgan fingerprint density at radius 3 is 2.51 bits per heavy atom. The molecule has 3 aromatic carbocycles. The molecule has 0 aliphatic heterocycles. The number of hydrogen-bond donors (Lipinski definition) is 1. The van der Waals surface area contributed by atoms with E-state index in [1.54, 1.807) is 42.0 Å². The number of nitrogens with one attached hydrogen (secondary N) is 1. The van der Waals surface area contributed by atoms with Gasteiger partial charge in [0.25, 0.3) is 5.91 Å². The third-order valence-electron chi connectivity index (χ3n) is 5.27. The molecule has 0 atom stereocenters. The van der Waals surface area contributed by atoms with Gasteiger partial charge in [0.05, 0.1) is 19.6 Å². The van der Waals surface area contributed by atoms with Gasteiger partial charge < -0.3 is 14.8 Å². The lowest BCUT2D eigenvalue weighted by Gasteiger charge is -2.12. The number of alkyl halides is 3. The van der Waals surface area contributed by atoms with E-state index in [0.29, 0.717) is 35.5 Å². The summed E-state index contributed by atoms with van der Waals surface area (Å²) in [6.07, 6.45) is -1.21. The van der Waals surface area contributed by atoms with Crippen LogP contribution in [0.25, 0.3) is 16.8 Å². The quantitative estimate of drug-likeness (QED) is 0.365. The molecule has 0 aliphatic rings. The van der Waals surface area contributed by atoms with Crippen LogP contribution in [-0.2, 0) is 6.42 Å². The number of nitrogens with zero attached hydrogens (tertiary/aromatic N) is 2. The summed E-state index contributed by atoms with van der Waals surface area (Å²) in [5.41, 5.74) is 3.14. The van der Waals surface area contributed by atoms with Crippen LogP contribution in [-0.4, -0.2) is 35.5 Å². The summed E-state index contributed by atoms with van der Waals surface area (Å²) in [6, 6.07) is 20.4. The van der Waals surface area contributed by atoms with Crippen LogP contribution in [0.5, 0.6) is 11.5 Å². The van der Waals surface area contributed by atoms with E-state index in [9.17, 15) is 18.0 Å². The first kappa shape index (κ1) is 23.9. The number of aromatic nitrogens is 2. The lowest BCUT2D eigenvalue weighted by atomic mass is 10.0. The first-order valence-corrected chi connectivity index (χ1v) is 10.7. The van der Waals surface area contributed by atoms with Crippen LogP contribution in [0.1, 0.15) is 16.1 Å². The minimum Gasteiger partial charge on any atom is -0.496 e. The second-order valence-corrected chi connectivity index (χ2v) is 7.59. The van der Waals surface area contributed by atoms with E-state index in [1.165, 1.54) is 30.7 Å². The molecule has 1 aromatic heterocycles. The normalized spacial score (nSPS) is 11.2. The first-order chi connectivity index (χ1) is 16.8. The van der Waals surface area contributed by atoms with E-state index in [2.05, 4.69) is 15.0 Å². The number of methoxy groups -OCH3 is 1. The van der Waals surface area contributed by atoms with Crippen LogP contribution in [0.15, 0.2) is 85.3 Å². The number of carbonyl (C=O) groups is 1. The van der Waals surface area contributed by atoms with Gasteiger partial charge in [-0.05, 0) is 53.4 Å². The van der Waals surface area contributed by atoms with Crippen LogP contribution in [0.4, 0.5) is 13.2 Å². The van der Waals surface area contributed by atoms with Crippen molar-refractivity contribution in [2.24, 2.45) is 0 Å². The Morgan fingerprint density at radius 1 is 1.00 bits per heavy atom. The lowest BCUT2D eigenvalue weighted by molar-refractivity contribution is -0.274. The molecule has 6 nitrogen and oxygen atoms in total. The number of amides is 1. The van der Waals surface area contributed by atoms with Gasteiger partial charge in [0.15, 0.2) is 0 Å². The Bertz CT molecular complexity index is 1320. The fourth-order valence-electron chi connectivity index (χ4n) is 3.69. The number of rotatable bonds is 8. The number of hydrogen-bond acceptors (Lipinski definition) is 4. The largest absolute Gasteiger partial charge is 0.573 e. The molecule has 0 bridgehead atoms. The number of imidazole rings is 1. The van der Waals surface area contributed by atoms with Gasteiger partial charge in [-0.1, -0.05) is 42.5 Å². The zero-order chi connectivity index (χ0) is 24.8. The molecular formula is C26H22F3N3O3. The summed E-state index contributed by atoms with van der Waals surface area (Å²) in [6.45, 7) is 0.399. The van der Waals surface area contributed by atoms with Gasteiger partial charge in [-0.25, -0.2) is 4.98 Å².